The normalized spacial score (nSPS) is 20.3. The summed E-state index contributed by atoms with van der Waals surface area (Å²) in [5.74, 6) is 1.10. The minimum absolute atomic E-state index is 0.127. The number of hydrogen-bond acceptors (Lipinski definition) is 8. The molecule has 1 amide bonds. The molecule has 0 bridgehead atoms. The van der Waals surface area contributed by atoms with Crippen molar-refractivity contribution in [3.63, 3.8) is 0 Å². The van der Waals surface area contributed by atoms with E-state index in [1.807, 2.05) is 49.4 Å². The van der Waals surface area contributed by atoms with Crippen LogP contribution in [-0.4, -0.2) is 35.8 Å². The van der Waals surface area contributed by atoms with Crippen LogP contribution >= 0.6 is 0 Å². The van der Waals surface area contributed by atoms with Crippen LogP contribution in [0.5, 0.6) is 0 Å². The fraction of sp³-hybridized carbons (Fsp3) is 0.320. The summed E-state index contributed by atoms with van der Waals surface area (Å²) in [7, 11) is -3.20. The second-order valence-corrected chi connectivity index (χ2v) is 11.5. The van der Waals surface area contributed by atoms with Crippen LogP contribution in [0, 0.1) is 6.92 Å². The van der Waals surface area contributed by atoms with Gasteiger partial charge in [0.25, 0.3) is 0 Å². The van der Waals surface area contributed by atoms with E-state index in [1.54, 1.807) is 6.20 Å². The van der Waals surface area contributed by atoms with Crippen LogP contribution in [0.25, 0.3) is 0 Å². The van der Waals surface area contributed by atoms with E-state index in [1.165, 1.54) is 0 Å². The van der Waals surface area contributed by atoms with Crippen LogP contribution in [0.2, 0.25) is 0 Å². The summed E-state index contributed by atoms with van der Waals surface area (Å²) in [6, 6.07) is 13.4. The van der Waals surface area contributed by atoms with Crippen molar-refractivity contribution in [1.82, 2.24) is 20.0 Å². The molecule has 2 aromatic carbocycles. The van der Waals surface area contributed by atoms with E-state index in [4.69, 9.17) is 4.74 Å². The third kappa shape index (κ3) is 4.59. The Morgan fingerprint density at radius 3 is 2.64 bits per heavy atom. The van der Waals surface area contributed by atoms with Crippen LogP contribution in [-0.2, 0) is 27.7 Å². The number of benzene rings is 2. The van der Waals surface area contributed by atoms with Crippen LogP contribution < -0.4 is 20.7 Å². The zero-order valence-electron chi connectivity index (χ0n) is 19.6. The average molecular weight is 507 g/mol. The molecule has 2 aliphatic carbocycles. The van der Waals surface area contributed by atoms with Gasteiger partial charge in [0.05, 0.1) is 11.3 Å². The van der Waals surface area contributed by atoms with Crippen LogP contribution in [0.15, 0.2) is 48.7 Å². The molecular weight excluding hydrogens is 480 g/mol. The maximum atomic E-state index is 12.0. The van der Waals surface area contributed by atoms with Crippen molar-refractivity contribution in [2.75, 3.05) is 10.6 Å². The number of aromatic nitrogens is 2. The van der Waals surface area contributed by atoms with Crippen molar-refractivity contribution < 1.29 is 17.9 Å². The summed E-state index contributed by atoms with van der Waals surface area (Å²) in [6.07, 6.45) is 3.41. The molecule has 36 heavy (non-hydrogen) atoms. The SMILES string of the molecule is Cc1cnc(Nc2ccc3c(c2)[C@@H]2NC(=O)O[C@@H]2C3)nc1Nc1ccc(CNS(=O)(=O)C2CC2)cc1. The van der Waals surface area contributed by atoms with Gasteiger partial charge in [-0.05, 0) is 60.7 Å². The quantitative estimate of drug-likeness (QED) is 0.364. The number of hydrogen-bond donors (Lipinski definition) is 4. The number of rotatable bonds is 8. The molecule has 2 atom stereocenters. The molecule has 1 saturated carbocycles. The number of carbonyl (C=O) groups excluding carboxylic acids is 1. The van der Waals surface area contributed by atoms with Gasteiger partial charge in [0, 0.05) is 36.1 Å². The molecular formula is C25H26N6O4S. The molecule has 4 N–H and O–H groups in total. The Labute approximate surface area is 208 Å². The van der Waals surface area contributed by atoms with E-state index >= 15 is 0 Å². The maximum Gasteiger partial charge on any atom is 0.408 e. The van der Waals surface area contributed by atoms with Crippen molar-refractivity contribution >= 4 is 39.3 Å². The van der Waals surface area contributed by atoms with Gasteiger partial charge in [-0.15, -0.1) is 0 Å². The maximum absolute atomic E-state index is 12.0. The number of sulfonamides is 1. The van der Waals surface area contributed by atoms with Crippen molar-refractivity contribution in [1.29, 1.82) is 0 Å². The monoisotopic (exact) mass is 506 g/mol. The standard InChI is InChI=1S/C25H26N6O4S/c1-14-12-26-24(29-18-7-4-16-10-21-22(20(16)11-18)30-25(32)35-21)31-23(14)28-17-5-2-15(3-6-17)13-27-36(33,34)19-8-9-19/h2-7,11-12,19,21-22,27H,8-10,13H2,1H3,(H,30,32)(H2,26,28,29,31)/t21-,22+/m1/s1. The number of ether oxygens (including phenoxy) is 1. The molecule has 2 fully saturated rings. The number of aryl methyl sites for hydroxylation is 1. The lowest BCUT2D eigenvalue weighted by Gasteiger charge is -2.13. The molecule has 1 saturated heterocycles. The van der Waals surface area contributed by atoms with E-state index < -0.39 is 10.0 Å². The minimum atomic E-state index is -3.20. The van der Waals surface area contributed by atoms with Gasteiger partial charge in [-0.3, -0.25) is 0 Å². The Hall–Kier alpha value is -3.70. The minimum Gasteiger partial charge on any atom is -0.443 e. The van der Waals surface area contributed by atoms with E-state index in [2.05, 4.69) is 30.6 Å². The van der Waals surface area contributed by atoms with E-state index in [-0.39, 0.29) is 30.0 Å². The number of amides is 1. The van der Waals surface area contributed by atoms with Crippen molar-refractivity contribution in [2.45, 2.75) is 50.1 Å². The first-order chi connectivity index (χ1) is 17.3. The van der Waals surface area contributed by atoms with Crippen LogP contribution in [0.3, 0.4) is 0 Å². The Balaban J connectivity index is 1.13. The third-order valence-corrected chi connectivity index (χ3v) is 8.59. The number of alkyl carbamates (subject to hydrolysis) is 1. The van der Waals surface area contributed by atoms with Crippen LogP contribution in [0.4, 0.5) is 27.9 Å². The topological polar surface area (TPSA) is 134 Å². The largest absolute Gasteiger partial charge is 0.443 e. The molecule has 3 aromatic rings. The molecule has 1 aromatic heterocycles. The van der Waals surface area contributed by atoms with E-state index in [0.717, 1.165) is 46.5 Å². The number of fused-ring (bicyclic) bond motifs is 3. The number of nitrogens with one attached hydrogen (secondary N) is 4. The Morgan fingerprint density at radius 2 is 1.86 bits per heavy atom. The Morgan fingerprint density at radius 1 is 1.08 bits per heavy atom. The molecule has 0 spiro atoms. The molecule has 11 heteroatoms. The van der Waals surface area contributed by atoms with Crippen molar-refractivity contribution in [3.05, 3.63) is 70.9 Å². The zero-order valence-corrected chi connectivity index (χ0v) is 20.4. The number of anilines is 4. The lowest BCUT2D eigenvalue weighted by Crippen LogP contribution is -2.26. The third-order valence-electron chi connectivity index (χ3n) is 6.69. The first kappa shape index (κ1) is 22.7. The predicted molar refractivity (Wildman–Crippen MR) is 135 cm³/mol. The summed E-state index contributed by atoms with van der Waals surface area (Å²) in [5.41, 5.74) is 5.62. The molecule has 0 radical (unpaired) electrons. The second-order valence-electron chi connectivity index (χ2n) is 9.42. The molecule has 1 aliphatic heterocycles. The van der Waals surface area contributed by atoms with Gasteiger partial charge >= 0.3 is 6.09 Å². The lowest BCUT2D eigenvalue weighted by molar-refractivity contribution is 0.136. The molecule has 6 rings (SSSR count). The first-order valence-electron chi connectivity index (χ1n) is 11.9. The lowest BCUT2D eigenvalue weighted by atomic mass is 10.1. The summed E-state index contributed by atoms with van der Waals surface area (Å²) >= 11 is 0. The smallest absolute Gasteiger partial charge is 0.408 e. The van der Waals surface area contributed by atoms with Gasteiger partial charge in [-0.25, -0.2) is 22.9 Å². The Bertz CT molecular complexity index is 1440. The highest BCUT2D eigenvalue weighted by molar-refractivity contribution is 7.90. The molecule has 0 unspecified atom stereocenters. The number of nitrogens with zero attached hydrogens (tertiary/aromatic N) is 2. The van der Waals surface area contributed by atoms with Gasteiger partial charge in [0.1, 0.15) is 11.9 Å². The molecule has 10 nitrogen and oxygen atoms in total. The van der Waals surface area contributed by atoms with Gasteiger partial charge < -0.3 is 20.7 Å². The summed E-state index contributed by atoms with van der Waals surface area (Å²) in [5, 5.41) is 9.20. The van der Waals surface area contributed by atoms with E-state index in [9.17, 15) is 13.2 Å². The summed E-state index contributed by atoms with van der Waals surface area (Å²) < 4.78 is 32.0. The highest BCUT2D eigenvalue weighted by Crippen LogP contribution is 2.38. The van der Waals surface area contributed by atoms with Gasteiger partial charge in [-0.1, -0.05) is 18.2 Å². The Kier molecular flexibility index (Phi) is 5.53. The second kappa shape index (κ2) is 8.75. The zero-order chi connectivity index (χ0) is 24.9. The molecule has 3 aliphatic rings. The van der Waals surface area contributed by atoms with E-state index in [0.29, 0.717) is 18.2 Å². The summed E-state index contributed by atoms with van der Waals surface area (Å²) in [6.45, 7) is 2.20. The summed E-state index contributed by atoms with van der Waals surface area (Å²) in [4.78, 5) is 20.6. The predicted octanol–water partition coefficient (Wildman–Crippen LogP) is 3.56. The van der Waals surface area contributed by atoms with Gasteiger partial charge in [0.2, 0.25) is 16.0 Å². The fourth-order valence-corrected chi connectivity index (χ4v) is 5.90. The fourth-order valence-electron chi connectivity index (χ4n) is 4.54. The van der Waals surface area contributed by atoms with Crippen molar-refractivity contribution in [2.24, 2.45) is 0 Å². The highest BCUT2D eigenvalue weighted by atomic mass is 32.2. The molecule has 2 heterocycles. The van der Waals surface area contributed by atoms with Gasteiger partial charge in [0.15, 0.2) is 0 Å². The van der Waals surface area contributed by atoms with Crippen LogP contribution in [0.1, 0.15) is 41.1 Å². The first-order valence-corrected chi connectivity index (χ1v) is 13.4. The number of carbonyl (C=O) groups is 1. The van der Waals surface area contributed by atoms with Crippen molar-refractivity contribution in [3.8, 4) is 0 Å². The van der Waals surface area contributed by atoms with Gasteiger partial charge in [-0.2, -0.15) is 4.98 Å². The average Bonchev–Trinajstić information content (AvgIpc) is 3.59. The molecule has 186 valence electrons. The highest BCUT2D eigenvalue weighted by Gasteiger charge is 2.41.